The van der Waals surface area contributed by atoms with Crippen LogP contribution in [-0.2, 0) is 4.74 Å². The average Bonchev–Trinajstić information content (AvgIpc) is 3.28. The fourth-order valence-corrected chi connectivity index (χ4v) is 3.91. The summed E-state index contributed by atoms with van der Waals surface area (Å²) in [6.45, 7) is 3.23. The van der Waals surface area contributed by atoms with Crippen molar-refractivity contribution in [2.45, 2.75) is 38.1 Å². The molecule has 5 N–H and O–H groups in total. The first-order valence-electron chi connectivity index (χ1n) is 10.7. The summed E-state index contributed by atoms with van der Waals surface area (Å²) in [5.41, 5.74) is 6.69. The number of hydrogen-bond acceptors (Lipinski definition) is 8. The predicted molar refractivity (Wildman–Crippen MR) is 123 cm³/mol. The number of ether oxygens (including phenoxy) is 1. The standard InChI is InChI=1S/C22H25ClFN7O3/c1-12-9-26-22(28-16-2-4-34-5-3-16)30-20(12)31-10-17(27-11-31)21(33)29-18(19(25)32)13-6-14(23)8-15(24)7-13/h6-11,16,18-19,32H,2-5,25H2,1H3,(H,29,33)(H,26,28,30)/t18-,19-/m0/s1. The lowest BCUT2D eigenvalue weighted by Crippen LogP contribution is -2.41. The van der Waals surface area contributed by atoms with Crippen LogP contribution < -0.4 is 16.4 Å². The normalized spacial score (nSPS) is 16.1. The number of imidazole rings is 1. The molecule has 0 saturated carbocycles. The molecule has 180 valence electrons. The van der Waals surface area contributed by atoms with Crippen LogP contribution in [-0.4, -0.2) is 56.0 Å². The van der Waals surface area contributed by atoms with E-state index in [-0.39, 0.29) is 22.3 Å². The van der Waals surface area contributed by atoms with Gasteiger partial charge in [-0.1, -0.05) is 11.6 Å². The van der Waals surface area contributed by atoms with E-state index in [1.165, 1.54) is 18.6 Å². The number of nitrogens with one attached hydrogen (secondary N) is 2. The maximum atomic E-state index is 13.8. The number of halogens is 2. The van der Waals surface area contributed by atoms with Crippen molar-refractivity contribution in [3.05, 3.63) is 64.6 Å². The molecule has 0 bridgehead atoms. The van der Waals surface area contributed by atoms with Crippen molar-refractivity contribution in [3.63, 3.8) is 0 Å². The van der Waals surface area contributed by atoms with E-state index in [0.717, 1.165) is 30.5 Å². The zero-order chi connectivity index (χ0) is 24.2. The molecule has 4 rings (SSSR count). The van der Waals surface area contributed by atoms with Gasteiger partial charge in [0.15, 0.2) is 0 Å². The Hall–Kier alpha value is -3.12. The molecule has 0 unspecified atom stereocenters. The van der Waals surface area contributed by atoms with Crippen LogP contribution in [0.2, 0.25) is 5.02 Å². The van der Waals surface area contributed by atoms with Gasteiger partial charge in [0.2, 0.25) is 5.95 Å². The van der Waals surface area contributed by atoms with Crippen molar-refractivity contribution >= 4 is 23.5 Å². The molecule has 3 aromatic rings. The smallest absolute Gasteiger partial charge is 0.272 e. The van der Waals surface area contributed by atoms with Crippen LogP contribution in [0, 0.1) is 12.7 Å². The largest absolute Gasteiger partial charge is 0.381 e. The van der Waals surface area contributed by atoms with Crippen LogP contribution in [0.25, 0.3) is 5.82 Å². The second kappa shape index (κ2) is 10.4. The van der Waals surface area contributed by atoms with Gasteiger partial charge in [-0.05, 0) is 43.5 Å². The zero-order valence-electron chi connectivity index (χ0n) is 18.4. The second-order valence-electron chi connectivity index (χ2n) is 8.04. The van der Waals surface area contributed by atoms with E-state index < -0.39 is 24.0 Å². The van der Waals surface area contributed by atoms with Gasteiger partial charge < -0.3 is 26.2 Å². The van der Waals surface area contributed by atoms with Crippen LogP contribution in [0.5, 0.6) is 0 Å². The molecule has 2 atom stereocenters. The van der Waals surface area contributed by atoms with Gasteiger partial charge in [0.25, 0.3) is 5.91 Å². The second-order valence-corrected chi connectivity index (χ2v) is 8.48. The van der Waals surface area contributed by atoms with Gasteiger partial charge in [0, 0.05) is 42.2 Å². The number of aromatic nitrogens is 4. The Kier molecular flexibility index (Phi) is 7.37. The summed E-state index contributed by atoms with van der Waals surface area (Å²) in [6.07, 6.45) is 4.89. The summed E-state index contributed by atoms with van der Waals surface area (Å²) < 4.78 is 20.7. The third-order valence-corrected chi connectivity index (χ3v) is 5.65. The Labute approximate surface area is 200 Å². The molecule has 1 amide bonds. The van der Waals surface area contributed by atoms with Gasteiger partial charge in [0.05, 0.1) is 6.04 Å². The Bertz CT molecular complexity index is 1150. The number of aryl methyl sites for hydroxylation is 1. The number of amides is 1. The summed E-state index contributed by atoms with van der Waals surface area (Å²) in [5.74, 6) is -0.193. The third kappa shape index (κ3) is 5.68. The van der Waals surface area contributed by atoms with E-state index in [1.54, 1.807) is 10.8 Å². The van der Waals surface area contributed by atoms with E-state index in [1.807, 2.05) is 6.92 Å². The molecule has 12 heteroatoms. The van der Waals surface area contributed by atoms with Gasteiger partial charge in [0.1, 0.15) is 29.9 Å². The van der Waals surface area contributed by atoms with E-state index in [9.17, 15) is 14.3 Å². The number of carbonyl (C=O) groups excluding carboxylic acids is 1. The molecule has 1 aliphatic heterocycles. The minimum Gasteiger partial charge on any atom is -0.381 e. The molecule has 0 aliphatic carbocycles. The van der Waals surface area contributed by atoms with Gasteiger partial charge in [-0.25, -0.2) is 14.4 Å². The van der Waals surface area contributed by atoms with Gasteiger partial charge >= 0.3 is 0 Å². The lowest BCUT2D eigenvalue weighted by molar-refractivity contribution is 0.0837. The lowest BCUT2D eigenvalue weighted by atomic mass is 10.1. The maximum absolute atomic E-state index is 13.8. The molecule has 10 nitrogen and oxygen atoms in total. The van der Waals surface area contributed by atoms with Crippen LogP contribution in [0.4, 0.5) is 10.3 Å². The van der Waals surface area contributed by atoms with Crippen LogP contribution in [0.3, 0.4) is 0 Å². The lowest BCUT2D eigenvalue weighted by Gasteiger charge is -2.23. The molecule has 1 saturated heterocycles. The molecule has 34 heavy (non-hydrogen) atoms. The molecule has 3 heterocycles. The quantitative estimate of drug-likeness (QED) is 0.370. The molecular formula is C22H25ClFN7O3. The van der Waals surface area contributed by atoms with Crippen molar-refractivity contribution in [1.82, 2.24) is 24.8 Å². The maximum Gasteiger partial charge on any atom is 0.272 e. The number of aliphatic hydroxyl groups excluding tert-OH is 1. The van der Waals surface area contributed by atoms with Crippen molar-refractivity contribution < 1.29 is 19.0 Å². The Morgan fingerprint density at radius 1 is 1.32 bits per heavy atom. The minimum atomic E-state index is -1.49. The van der Waals surface area contributed by atoms with E-state index in [4.69, 9.17) is 22.1 Å². The summed E-state index contributed by atoms with van der Waals surface area (Å²) in [7, 11) is 0. The number of anilines is 1. The zero-order valence-corrected chi connectivity index (χ0v) is 19.2. The van der Waals surface area contributed by atoms with Gasteiger partial charge in [-0.15, -0.1) is 0 Å². The topological polar surface area (TPSA) is 140 Å². The van der Waals surface area contributed by atoms with Crippen LogP contribution in [0.15, 0.2) is 36.9 Å². The molecule has 0 radical (unpaired) electrons. The fraction of sp³-hybridized carbons (Fsp3) is 0.364. The third-order valence-electron chi connectivity index (χ3n) is 5.43. The number of benzene rings is 1. The van der Waals surface area contributed by atoms with E-state index in [0.29, 0.717) is 25.0 Å². The number of hydrogen-bond donors (Lipinski definition) is 4. The van der Waals surface area contributed by atoms with E-state index in [2.05, 4.69) is 25.6 Å². The predicted octanol–water partition coefficient (Wildman–Crippen LogP) is 2.10. The fourth-order valence-electron chi connectivity index (χ4n) is 3.68. The summed E-state index contributed by atoms with van der Waals surface area (Å²) in [6, 6.07) is 2.81. The van der Waals surface area contributed by atoms with Gasteiger partial charge in [-0.3, -0.25) is 9.36 Å². The number of aliphatic hydroxyl groups is 1. The first-order valence-corrected chi connectivity index (χ1v) is 11.1. The average molecular weight is 490 g/mol. The number of nitrogens with two attached hydrogens (primary N) is 1. The molecule has 0 spiro atoms. The number of rotatable bonds is 7. The summed E-state index contributed by atoms with van der Waals surface area (Å²) in [4.78, 5) is 25.9. The van der Waals surface area contributed by atoms with Crippen molar-refractivity contribution in [2.24, 2.45) is 5.73 Å². The van der Waals surface area contributed by atoms with Crippen molar-refractivity contribution in [2.75, 3.05) is 18.5 Å². The first-order chi connectivity index (χ1) is 16.3. The SMILES string of the molecule is Cc1cnc(NC2CCOCC2)nc1-n1cnc(C(=O)N[C@@H](c2cc(F)cc(Cl)c2)[C@@H](N)O)c1. The molecule has 1 fully saturated rings. The summed E-state index contributed by atoms with van der Waals surface area (Å²) in [5, 5.41) is 16.0. The van der Waals surface area contributed by atoms with Crippen LogP contribution in [0.1, 0.15) is 40.5 Å². The first kappa shape index (κ1) is 24.0. The van der Waals surface area contributed by atoms with Crippen molar-refractivity contribution in [1.29, 1.82) is 0 Å². The highest BCUT2D eigenvalue weighted by molar-refractivity contribution is 6.30. The number of carbonyl (C=O) groups is 1. The van der Waals surface area contributed by atoms with E-state index >= 15 is 0 Å². The highest BCUT2D eigenvalue weighted by Gasteiger charge is 2.24. The Morgan fingerprint density at radius 3 is 2.79 bits per heavy atom. The summed E-state index contributed by atoms with van der Waals surface area (Å²) >= 11 is 5.90. The Balaban J connectivity index is 1.52. The highest BCUT2D eigenvalue weighted by Crippen LogP contribution is 2.22. The Morgan fingerprint density at radius 2 is 2.09 bits per heavy atom. The molecular weight excluding hydrogens is 465 g/mol. The minimum absolute atomic E-state index is 0.0603. The highest BCUT2D eigenvalue weighted by atomic mass is 35.5. The monoisotopic (exact) mass is 489 g/mol. The molecule has 1 aromatic carbocycles. The number of nitrogens with zero attached hydrogens (tertiary/aromatic N) is 4. The van der Waals surface area contributed by atoms with Gasteiger partial charge in [-0.2, -0.15) is 4.98 Å². The molecule has 1 aliphatic rings. The van der Waals surface area contributed by atoms with Crippen LogP contribution >= 0.6 is 11.6 Å². The molecule has 2 aromatic heterocycles. The van der Waals surface area contributed by atoms with Crippen molar-refractivity contribution in [3.8, 4) is 5.82 Å².